The van der Waals surface area contributed by atoms with Crippen molar-refractivity contribution < 1.29 is 9.53 Å². The molecule has 0 unspecified atom stereocenters. The highest BCUT2D eigenvalue weighted by Crippen LogP contribution is 2.22. The number of aryl methyl sites for hydroxylation is 1. The first kappa shape index (κ1) is 15.8. The topological polar surface area (TPSA) is 81.1 Å². The highest BCUT2D eigenvalue weighted by atomic mass is 16.5. The zero-order valence-electron chi connectivity index (χ0n) is 13.5. The minimum Gasteiger partial charge on any atom is -0.481 e. The Bertz CT molecular complexity index is 661. The number of hydrogen-bond acceptors (Lipinski definition) is 4. The molecule has 22 heavy (non-hydrogen) atoms. The molecule has 0 aromatic carbocycles. The second kappa shape index (κ2) is 6.46. The Morgan fingerprint density at radius 2 is 2.00 bits per heavy atom. The molecule has 0 atom stereocenters. The number of carbonyl (C=O) groups is 1. The molecule has 7 nitrogen and oxygen atoms in total. The molecule has 2 N–H and O–H groups in total. The van der Waals surface area contributed by atoms with Crippen LogP contribution < -0.4 is 15.4 Å². The first-order valence-electron chi connectivity index (χ1n) is 7.06. The van der Waals surface area contributed by atoms with Crippen LogP contribution in [0.2, 0.25) is 0 Å². The average Bonchev–Trinajstić information content (AvgIpc) is 2.76. The van der Waals surface area contributed by atoms with Gasteiger partial charge in [-0.05, 0) is 33.8 Å². The zero-order chi connectivity index (χ0) is 16.3. The monoisotopic (exact) mass is 303 g/mol. The summed E-state index contributed by atoms with van der Waals surface area (Å²) in [4.78, 5) is 16.1. The van der Waals surface area contributed by atoms with Crippen LogP contribution in [0.15, 0.2) is 18.3 Å². The average molecular weight is 303 g/mol. The number of nitrogens with zero attached hydrogens (tertiary/aromatic N) is 3. The largest absolute Gasteiger partial charge is 0.481 e. The van der Waals surface area contributed by atoms with Crippen LogP contribution in [-0.4, -0.2) is 27.9 Å². The molecule has 118 valence electrons. The standard InChI is InChI=1S/C15H21N5O2/c1-9(2)20-11(4)14(10(3)19-20)18-15(21)17-12-6-7-13(22-5)16-8-12/h6-9H,1-5H3,(H2,17,18,21). The zero-order valence-corrected chi connectivity index (χ0v) is 13.5. The maximum atomic E-state index is 12.1. The van der Waals surface area contributed by atoms with Crippen LogP contribution in [-0.2, 0) is 0 Å². The number of carbonyl (C=O) groups excluding carboxylic acids is 1. The number of anilines is 2. The number of ether oxygens (including phenoxy) is 1. The van der Waals surface area contributed by atoms with Crippen molar-refractivity contribution in [3.05, 3.63) is 29.7 Å². The van der Waals surface area contributed by atoms with Gasteiger partial charge in [-0.1, -0.05) is 0 Å². The van der Waals surface area contributed by atoms with Gasteiger partial charge in [0.1, 0.15) is 0 Å². The van der Waals surface area contributed by atoms with E-state index in [9.17, 15) is 4.79 Å². The van der Waals surface area contributed by atoms with E-state index in [4.69, 9.17) is 4.74 Å². The molecular formula is C15H21N5O2. The second-order valence-corrected chi connectivity index (χ2v) is 5.25. The Morgan fingerprint density at radius 1 is 1.27 bits per heavy atom. The van der Waals surface area contributed by atoms with Gasteiger partial charge in [0, 0.05) is 12.1 Å². The van der Waals surface area contributed by atoms with E-state index in [1.54, 1.807) is 19.2 Å². The lowest BCUT2D eigenvalue weighted by Crippen LogP contribution is -2.20. The fourth-order valence-corrected chi connectivity index (χ4v) is 2.20. The van der Waals surface area contributed by atoms with Crippen LogP contribution >= 0.6 is 0 Å². The molecule has 2 heterocycles. The molecule has 0 bridgehead atoms. The molecule has 0 saturated carbocycles. The number of hydrogen-bond donors (Lipinski definition) is 2. The van der Waals surface area contributed by atoms with E-state index in [-0.39, 0.29) is 12.1 Å². The fraction of sp³-hybridized carbons (Fsp3) is 0.400. The van der Waals surface area contributed by atoms with Gasteiger partial charge in [0.25, 0.3) is 0 Å². The van der Waals surface area contributed by atoms with Gasteiger partial charge in [-0.25, -0.2) is 9.78 Å². The molecule has 0 saturated heterocycles. The molecule has 2 rings (SSSR count). The third-order valence-electron chi connectivity index (χ3n) is 3.26. The summed E-state index contributed by atoms with van der Waals surface area (Å²) in [5, 5.41) is 10.0. The van der Waals surface area contributed by atoms with Crippen LogP contribution in [0, 0.1) is 13.8 Å². The predicted octanol–water partition coefficient (Wildman–Crippen LogP) is 3.13. The van der Waals surface area contributed by atoms with Gasteiger partial charge in [-0.2, -0.15) is 5.10 Å². The second-order valence-electron chi connectivity index (χ2n) is 5.25. The fourth-order valence-electron chi connectivity index (χ4n) is 2.20. The number of nitrogens with one attached hydrogen (secondary N) is 2. The van der Waals surface area contributed by atoms with Gasteiger partial charge in [-0.3, -0.25) is 4.68 Å². The molecule has 7 heteroatoms. The van der Waals surface area contributed by atoms with Gasteiger partial charge < -0.3 is 15.4 Å². The first-order chi connectivity index (χ1) is 10.4. The molecule has 0 aliphatic rings. The van der Waals surface area contributed by atoms with E-state index < -0.39 is 0 Å². The number of amides is 2. The number of urea groups is 1. The van der Waals surface area contributed by atoms with E-state index in [0.29, 0.717) is 11.6 Å². The highest BCUT2D eigenvalue weighted by Gasteiger charge is 2.15. The number of pyridine rings is 1. The molecule has 2 aromatic heterocycles. The summed E-state index contributed by atoms with van der Waals surface area (Å²) in [5.74, 6) is 0.496. The van der Waals surface area contributed by atoms with Crippen molar-refractivity contribution in [3.8, 4) is 5.88 Å². The van der Waals surface area contributed by atoms with Crippen LogP contribution in [0.25, 0.3) is 0 Å². The molecular weight excluding hydrogens is 282 g/mol. The van der Waals surface area contributed by atoms with Crippen molar-refractivity contribution in [2.75, 3.05) is 17.7 Å². The number of aromatic nitrogens is 3. The molecule has 0 radical (unpaired) electrons. The van der Waals surface area contributed by atoms with Gasteiger partial charge in [0.2, 0.25) is 5.88 Å². The summed E-state index contributed by atoms with van der Waals surface area (Å²) in [6.07, 6.45) is 1.54. The van der Waals surface area contributed by atoms with Crippen molar-refractivity contribution in [3.63, 3.8) is 0 Å². The lowest BCUT2D eigenvalue weighted by molar-refractivity contribution is 0.262. The maximum Gasteiger partial charge on any atom is 0.323 e. The van der Waals surface area contributed by atoms with E-state index in [2.05, 4.69) is 20.7 Å². The van der Waals surface area contributed by atoms with Crippen molar-refractivity contribution in [1.29, 1.82) is 0 Å². The summed E-state index contributed by atoms with van der Waals surface area (Å²) >= 11 is 0. The Hall–Kier alpha value is -2.57. The highest BCUT2D eigenvalue weighted by molar-refractivity contribution is 6.00. The molecule has 0 aliphatic heterocycles. The van der Waals surface area contributed by atoms with Gasteiger partial charge in [0.05, 0.1) is 36.1 Å². The van der Waals surface area contributed by atoms with Crippen molar-refractivity contribution in [2.24, 2.45) is 0 Å². The lowest BCUT2D eigenvalue weighted by atomic mass is 10.3. The molecule has 2 amide bonds. The van der Waals surface area contributed by atoms with E-state index in [1.165, 1.54) is 6.20 Å². The lowest BCUT2D eigenvalue weighted by Gasteiger charge is -2.10. The van der Waals surface area contributed by atoms with Crippen molar-refractivity contribution >= 4 is 17.4 Å². The minimum absolute atomic E-state index is 0.239. The van der Waals surface area contributed by atoms with Crippen LogP contribution in [0.1, 0.15) is 31.3 Å². The first-order valence-corrected chi connectivity index (χ1v) is 7.06. The Morgan fingerprint density at radius 3 is 2.50 bits per heavy atom. The SMILES string of the molecule is COc1ccc(NC(=O)Nc2c(C)nn(C(C)C)c2C)cn1. The van der Waals surface area contributed by atoms with E-state index in [1.807, 2.05) is 32.4 Å². The van der Waals surface area contributed by atoms with Crippen LogP contribution in [0.3, 0.4) is 0 Å². The third kappa shape index (κ3) is 3.36. The van der Waals surface area contributed by atoms with Crippen molar-refractivity contribution in [2.45, 2.75) is 33.7 Å². The Balaban J connectivity index is 2.08. The Labute approximate surface area is 129 Å². The normalized spacial score (nSPS) is 10.6. The van der Waals surface area contributed by atoms with E-state index in [0.717, 1.165) is 17.1 Å². The molecule has 0 fully saturated rings. The van der Waals surface area contributed by atoms with Crippen molar-refractivity contribution in [1.82, 2.24) is 14.8 Å². The minimum atomic E-state index is -0.332. The smallest absolute Gasteiger partial charge is 0.323 e. The number of rotatable bonds is 4. The van der Waals surface area contributed by atoms with Crippen LogP contribution in [0.4, 0.5) is 16.2 Å². The van der Waals surface area contributed by atoms with Gasteiger partial charge in [-0.15, -0.1) is 0 Å². The summed E-state index contributed by atoms with van der Waals surface area (Å²) in [6.45, 7) is 7.90. The van der Waals surface area contributed by atoms with Gasteiger partial charge >= 0.3 is 6.03 Å². The van der Waals surface area contributed by atoms with Gasteiger partial charge in [0.15, 0.2) is 0 Å². The maximum absolute atomic E-state index is 12.1. The summed E-state index contributed by atoms with van der Waals surface area (Å²) in [6, 6.07) is 3.32. The molecule has 0 spiro atoms. The summed E-state index contributed by atoms with van der Waals surface area (Å²) in [7, 11) is 1.54. The quantitative estimate of drug-likeness (QED) is 0.909. The molecule has 0 aliphatic carbocycles. The Kier molecular flexibility index (Phi) is 4.65. The van der Waals surface area contributed by atoms with E-state index >= 15 is 0 Å². The summed E-state index contributed by atoms with van der Waals surface area (Å²) < 4.78 is 6.86. The molecule has 2 aromatic rings. The third-order valence-corrected chi connectivity index (χ3v) is 3.26. The number of methoxy groups -OCH3 is 1. The predicted molar refractivity (Wildman–Crippen MR) is 85.5 cm³/mol. The van der Waals surface area contributed by atoms with Crippen LogP contribution in [0.5, 0.6) is 5.88 Å². The summed E-state index contributed by atoms with van der Waals surface area (Å²) in [5.41, 5.74) is 3.03.